The summed E-state index contributed by atoms with van der Waals surface area (Å²) in [5, 5.41) is 18.1. The van der Waals surface area contributed by atoms with Crippen LogP contribution in [0.15, 0.2) is 48.5 Å². The van der Waals surface area contributed by atoms with Crippen molar-refractivity contribution in [2.75, 3.05) is 18.4 Å². The van der Waals surface area contributed by atoms with Crippen molar-refractivity contribution in [2.45, 2.75) is 31.8 Å². The fourth-order valence-electron chi connectivity index (χ4n) is 4.26. The predicted octanol–water partition coefficient (Wildman–Crippen LogP) is 1.69. The normalized spacial score (nSPS) is 17.1. The number of anilines is 1. The Bertz CT molecular complexity index is 1130. The zero-order valence-corrected chi connectivity index (χ0v) is 17.2. The number of amides is 2. The van der Waals surface area contributed by atoms with Crippen molar-refractivity contribution in [3.05, 3.63) is 65.5 Å². The maximum Gasteiger partial charge on any atom is 0.255 e. The van der Waals surface area contributed by atoms with Gasteiger partial charge in [-0.1, -0.05) is 24.3 Å². The van der Waals surface area contributed by atoms with E-state index >= 15 is 0 Å². The molecule has 158 valence electrons. The predicted molar refractivity (Wildman–Crippen MR) is 114 cm³/mol. The summed E-state index contributed by atoms with van der Waals surface area (Å²) in [6, 6.07) is 15.2. The third kappa shape index (κ3) is 3.63. The van der Waals surface area contributed by atoms with Crippen LogP contribution in [0.25, 0.3) is 5.69 Å². The molecule has 5 rings (SSSR count). The molecule has 2 N–H and O–H groups in total. The molecule has 1 fully saturated rings. The monoisotopic (exact) mass is 417 g/mol. The summed E-state index contributed by atoms with van der Waals surface area (Å²) < 4.78 is 1.65. The van der Waals surface area contributed by atoms with Crippen molar-refractivity contribution in [3.8, 4) is 5.69 Å². The van der Waals surface area contributed by atoms with Crippen molar-refractivity contribution in [2.24, 2.45) is 0 Å². The van der Waals surface area contributed by atoms with Gasteiger partial charge in [0.1, 0.15) is 5.66 Å². The van der Waals surface area contributed by atoms with E-state index in [0.29, 0.717) is 43.7 Å². The van der Waals surface area contributed by atoms with Gasteiger partial charge in [0.05, 0.1) is 17.7 Å². The number of piperidine rings is 1. The molecule has 0 radical (unpaired) electrons. The van der Waals surface area contributed by atoms with Gasteiger partial charge in [0.25, 0.3) is 5.91 Å². The number of rotatable bonds is 3. The molecule has 0 atom stereocenters. The molecule has 3 heterocycles. The van der Waals surface area contributed by atoms with Gasteiger partial charge in [0, 0.05) is 31.6 Å². The van der Waals surface area contributed by atoms with E-state index in [-0.39, 0.29) is 11.8 Å². The van der Waals surface area contributed by atoms with Gasteiger partial charge >= 0.3 is 0 Å². The molecule has 0 unspecified atom stereocenters. The van der Waals surface area contributed by atoms with Crippen LogP contribution in [0.4, 0.5) is 5.69 Å². The molecular formula is C22H23N7O2. The van der Waals surface area contributed by atoms with Crippen molar-refractivity contribution in [1.29, 1.82) is 0 Å². The van der Waals surface area contributed by atoms with E-state index in [4.69, 9.17) is 0 Å². The number of tetrazole rings is 1. The SMILES string of the molecule is Cc1nnnn1-c1ccc(CC(=O)N2CCC3(CC2)NC(=O)c2ccccc2N3)cc1. The van der Waals surface area contributed by atoms with Crippen molar-refractivity contribution in [1.82, 2.24) is 30.4 Å². The number of nitrogens with zero attached hydrogens (tertiary/aromatic N) is 5. The molecule has 31 heavy (non-hydrogen) atoms. The van der Waals surface area contributed by atoms with Gasteiger partial charge in [-0.2, -0.15) is 4.68 Å². The number of carbonyl (C=O) groups excluding carboxylic acids is 2. The first kappa shape index (κ1) is 19.2. The smallest absolute Gasteiger partial charge is 0.255 e. The Morgan fingerprint density at radius 3 is 2.52 bits per heavy atom. The fourth-order valence-corrected chi connectivity index (χ4v) is 4.26. The molecule has 0 saturated carbocycles. The molecule has 2 amide bonds. The van der Waals surface area contributed by atoms with E-state index < -0.39 is 5.66 Å². The number of hydrogen-bond donors (Lipinski definition) is 2. The molecule has 1 spiro atoms. The topological polar surface area (TPSA) is 105 Å². The van der Waals surface area contributed by atoms with E-state index in [1.54, 1.807) is 4.68 Å². The first-order chi connectivity index (χ1) is 15.0. The lowest BCUT2D eigenvalue weighted by atomic mass is 9.92. The number of hydrogen-bond acceptors (Lipinski definition) is 6. The van der Waals surface area contributed by atoms with Gasteiger partial charge < -0.3 is 15.5 Å². The van der Waals surface area contributed by atoms with Crippen LogP contribution in [0, 0.1) is 6.92 Å². The third-order valence-corrected chi connectivity index (χ3v) is 6.03. The van der Waals surface area contributed by atoms with E-state index in [1.807, 2.05) is 60.4 Å². The lowest BCUT2D eigenvalue weighted by molar-refractivity contribution is -0.132. The van der Waals surface area contributed by atoms with Crippen LogP contribution in [0.1, 0.15) is 34.6 Å². The minimum atomic E-state index is -0.493. The average molecular weight is 417 g/mol. The van der Waals surface area contributed by atoms with E-state index in [0.717, 1.165) is 16.9 Å². The zero-order valence-electron chi connectivity index (χ0n) is 17.2. The molecular weight excluding hydrogens is 394 g/mol. The summed E-state index contributed by atoms with van der Waals surface area (Å²) in [5.74, 6) is 0.730. The molecule has 9 nitrogen and oxygen atoms in total. The van der Waals surface area contributed by atoms with E-state index in [9.17, 15) is 9.59 Å². The van der Waals surface area contributed by atoms with E-state index in [1.165, 1.54) is 0 Å². The quantitative estimate of drug-likeness (QED) is 0.672. The standard InChI is InChI=1S/C22H23N7O2/c1-15-25-26-27-29(15)17-8-6-16(7-9-17)14-20(30)28-12-10-22(11-13-28)23-19-5-3-2-4-18(19)21(31)24-22/h2-9,23H,10-14H2,1H3,(H,24,31). The highest BCUT2D eigenvalue weighted by Gasteiger charge is 2.40. The van der Waals surface area contributed by atoms with Gasteiger partial charge in [-0.15, -0.1) is 5.10 Å². The summed E-state index contributed by atoms with van der Waals surface area (Å²) in [6.45, 7) is 3.02. The van der Waals surface area contributed by atoms with Gasteiger partial charge in [0.15, 0.2) is 5.82 Å². The van der Waals surface area contributed by atoms with Crippen LogP contribution < -0.4 is 10.6 Å². The van der Waals surface area contributed by atoms with E-state index in [2.05, 4.69) is 26.2 Å². The number of para-hydroxylation sites is 1. The number of aryl methyl sites for hydroxylation is 1. The molecule has 0 aliphatic carbocycles. The van der Waals surface area contributed by atoms with Gasteiger partial charge in [-0.25, -0.2) is 0 Å². The Balaban J connectivity index is 1.21. The van der Waals surface area contributed by atoms with Gasteiger partial charge in [-0.3, -0.25) is 9.59 Å². The minimum absolute atomic E-state index is 0.0629. The Labute approximate surface area is 179 Å². The molecule has 1 saturated heterocycles. The van der Waals surface area contributed by atoms with Crippen molar-refractivity contribution in [3.63, 3.8) is 0 Å². The largest absolute Gasteiger partial charge is 0.362 e. The lowest BCUT2D eigenvalue weighted by Crippen LogP contribution is -2.62. The highest BCUT2D eigenvalue weighted by Crippen LogP contribution is 2.31. The molecule has 9 heteroatoms. The van der Waals surface area contributed by atoms with Crippen LogP contribution >= 0.6 is 0 Å². The van der Waals surface area contributed by atoms with Crippen LogP contribution in [0.2, 0.25) is 0 Å². The lowest BCUT2D eigenvalue weighted by Gasteiger charge is -2.45. The first-order valence-corrected chi connectivity index (χ1v) is 10.3. The van der Waals surface area contributed by atoms with Crippen LogP contribution in [-0.2, 0) is 11.2 Å². The number of nitrogens with one attached hydrogen (secondary N) is 2. The summed E-state index contributed by atoms with van der Waals surface area (Å²) in [4.78, 5) is 27.2. The van der Waals surface area contributed by atoms with Gasteiger partial charge in [-0.05, 0) is 47.2 Å². The van der Waals surface area contributed by atoms with Crippen LogP contribution in [-0.4, -0.2) is 55.7 Å². The third-order valence-electron chi connectivity index (χ3n) is 6.03. The highest BCUT2D eigenvalue weighted by molar-refractivity contribution is 6.02. The van der Waals surface area contributed by atoms with Crippen molar-refractivity contribution >= 4 is 17.5 Å². The Hall–Kier alpha value is -3.75. The fraction of sp³-hybridized carbons (Fsp3) is 0.318. The summed E-state index contributed by atoms with van der Waals surface area (Å²) >= 11 is 0. The maximum absolute atomic E-state index is 12.8. The van der Waals surface area contributed by atoms with Crippen molar-refractivity contribution < 1.29 is 9.59 Å². The van der Waals surface area contributed by atoms with Crippen LogP contribution in [0.5, 0.6) is 0 Å². The Morgan fingerprint density at radius 1 is 1.06 bits per heavy atom. The second kappa shape index (κ2) is 7.50. The second-order valence-corrected chi connectivity index (χ2v) is 8.07. The molecule has 2 aliphatic rings. The average Bonchev–Trinajstić information content (AvgIpc) is 3.20. The Kier molecular flexibility index (Phi) is 4.65. The maximum atomic E-state index is 12.8. The number of fused-ring (bicyclic) bond motifs is 1. The molecule has 2 aliphatic heterocycles. The molecule has 1 aromatic heterocycles. The molecule has 0 bridgehead atoms. The molecule has 2 aromatic carbocycles. The number of aromatic nitrogens is 4. The number of likely N-dealkylation sites (tertiary alicyclic amines) is 1. The second-order valence-electron chi connectivity index (χ2n) is 8.07. The first-order valence-electron chi connectivity index (χ1n) is 10.3. The zero-order chi connectivity index (χ0) is 21.4. The molecule has 3 aromatic rings. The number of benzene rings is 2. The minimum Gasteiger partial charge on any atom is -0.362 e. The van der Waals surface area contributed by atoms with Gasteiger partial charge in [0.2, 0.25) is 5.91 Å². The summed E-state index contributed by atoms with van der Waals surface area (Å²) in [5.41, 5.74) is 2.82. The summed E-state index contributed by atoms with van der Waals surface area (Å²) in [6.07, 6.45) is 1.66. The Morgan fingerprint density at radius 2 is 1.81 bits per heavy atom. The van der Waals surface area contributed by atoms with Crippen LogP contribution in [0.3, 0.4) is 0 Å². The highest BCUT2D eigenvalue weighted by atomic mass is 16.2. The summed E-state index contributed by atoms with van der Waals surface area (Å²) in [7, 11) is 0. The number of carbonyl (C=O) groups is 2.